The van der Waals surface area contributed by atoms with Crippen LogP contribution in [0, 0.1) is 3.57 Å². The fourth-order valence-corrected chi connectivity index (χ4v) is 2.69. The number of nitrogens with zero attached hydrogens (tertiary/aromatic N) is 2. The number of aromatic nitrogens is 2. The van der Waals surface area contributed by atoms with Crippen LogP contribution in [-0.4, -0.2) is 28.1 Å². The second-order valence-corrected chi connectivity index (χ2v) is 6.77. The largest absolute Gasteiger partial charge is 0.377 e. The molecule has 0 saturated heterocycles. The number of benzene rings is 1. The zero-order valence-corrected chi connectivity index (χ0v) is 14.3. The first-order chi connectivity index (χ1) is 8.96. The van der Waals surface area contributed by atoms with Gasteiger partial charge in [-0.05, 0) is 54.6 Å². The highest BCUT2D eigenvalue weighted by atomic mass is 127. The number of halogens is 2. The number of hydrogen-bond donors (Lipinski definition) is 0. The fraction of sp³-hybridized carbons (Fsp3) is 0.500. The summed E-state index contributed by atoms with van der Waals surface area (Å²) in [5, 5.41) is 0. The molecule has 0 saturated carbocycles. The normalized spacial score (nSPS) is 12.3. The molecule has 0 aliphatic carbocycles. The van der Waals surface area contributed by atoms with Crippen LogP contribution in [0.4, 0.5) is 0 Å². The van der Waals surface area contributed by atoms with Crippen LogP contribution in [0.1, 0.15) is 19.7 Å². The van der Waals surface area contributed by atoms with Gasteiger partial charge in [-0.25, -0.2) is 4.98 Å². The van der Waals surface area contributed by atoms with Gasteiger partial charge in [0.15, 0.2) is 0 Å². The summed E-state index contributed by atoms with van der Waals surface area (Å²) in [4.78, 5) is 4.70. The van der Waals surface area contributed by atoms with E-state index in [2.05, 4.69) is 59.2 Å². The maximum absolute atomic E-state index is 5.89. The number of ether oxygens (including phenoxy) is 1. The number of alkyl halides is 1. The Bertz CT molecular complexity index is 580. The minimum Gasteiger partial charge on any atom is -0.377 e. The van der Waals surface area contributed by atoms with Gasteiger partial charge in [-0.1, -0.05) is 0 Å². The van der Waals surface area contributed by atoms with Crippen LogP contribution >= 0.6 is 34.2 Å². The molecule has 0 N–H and O–H groups in total. The van der Waals surface area contributed by atoms with Gasteiger partial charge in [0.1, 0.15) is 5.82 Å². The van der Waals surface area contributed by atoms with Gasteiger partial charge in [-0.2, -0.15) is 0 Å². The number of fused-ring (bicyclic) bond motifs is 1. The lowest BCUT2D eigenvalue weighted by atomic mass is 10.1. The van der Waals surface area contributed by atoms with Gasteiger partial charge in [0.05, 0.1) is 23.2 Å². The molecule has 0 bridgehead atoms. The lowest BCUT2D eigenvalue weighted by molar-refractivity contribution is 0.00846. The topological polar surface area (TPSA) is 27.1 Å². The third-order valence-electron chi connectivity index (χ3n) is 3.20. The Morgan fingerprint density at radius 2 is 2.16 bits per heavy atom. The molecule has 0 unspecified atom stereocenters. The van der Waals surface area contributed by atoms with Crippen LogP contribution in [0.2, 0.25) is 0 Å². The first-order valence-corrected chi connectivity index (χ1v) is 7.84. The Hall–Kier alpha value is -0.330. The van der Waals surface area contributed by atoms with E-state index in [9.17, 15) is 0 Å². The molecule has 2 rings (SSSR count). The van der Waals surface area contributed by atoms with E-state index < -0.39 is 0 Å². The summed E-state index contributed by atoms with van der Waals surface area (Å²) in [5.74, 6) is 1.60. The second-order valence-electron chi connectivity index (χ2n) is 5.15. The van der Waals surface area contributed by atoms with Crippen molar-refractivity contribution in [3.05, 3.63) is 27.6 Å². The van der Waals surface area contributed by atoms with Gasteiger partial charge in [0.2, 0.25) is 0 Å². The van der Waals surface area contributed by atoms with E-state index in [0.717, 1.165) is 29.8 Å². The van der Waals surface area contributed by atoms with Crippen LogP contribution in [0.3, 0.4) is 0 Å². The molecule has 1 heterocycles. The number of aryl methyl sites for hydroxylation is 1. The second kappa shape index (κ2) is 5.97. The molecule has 0 spiro atoms. The predicted molar refractivity (Wildman–Crippen MR) is 88.0 cm³/mol. The van der Waals surface area contributed by atoms with Gasteiger partial charge in [0, 0.05) is 23.0 Å². The van der Waals surface area contributed by atoms with Gasteiger partial charge >= 0.3 is 0 Å². The minimum atomic E-state index is -0.225. The van der Waals surface area contributed by atoms with E-state index in [-0.39, 0.29) is 5.60 Å². The molecular weight excluding hydrogens is 375 g/mol. The lowest BCUT2D eigenvalue weighted by Crippen LogP contribution is -2.29. The van der Waals surface area contributed by atoms with Crippen molar-refractivity contribution in [2.45, 2.75) is 32.4 Å². The number of imidazole rings is 1. The minimum absolute atomic E-state index is 0.225. The van der Waals surface area contributed by atoms with Crippen molar-refractivity contribution in [2.24, 2.45) is 0 Å². The number of hydrogen-bond acceptors (Lipinski definition) is 2. The van der Waals surface area contributed by atoms with E-state index >= 15 is 0 Å². The average Bonchev–Trinajstić information content (AvgIpc) is 2.67. The monoisotopic (exact) mass is 392 g/mol. The fourth-order valence-electron chi connectivity index (χ4n) is 2.05. The third-order valence-corrected chi connectivity index (χ3v) is 4.06. The standard InChI is InChI=1S/C14H18ClIN2O/c1-14(2,19-3)9-18-12-5-4-10(16)8-11(12)17-13(18)6-7-15/h4-5,8H,6-7,9H2,1-3H3. The quantitative estimate of drug-likeness (QED) is 0.571. The van der Waals surface area contributed by atoms with E-state index in [1.54, 1.807) is 7.11 Å². The van der Waals surface area contributed by atoms with Crippen LogP contribution in [-0.2, 0) is 17.7 Å². The smallest absolute Gasteiger partial charge is 0.111 e. The molecule has 0 fully saturated rings. The van der Waals surface area contributed by atoms with Gasteiger partial charge in [-0.15, -0.1) is 11.6 Å². The highest BCUT2D eigenvalue weighted by molar-refractivity contribution is 14.1. The molecule has 0 amide bonds. The van der Waals surface area contributed by atoms with Crippen molar-refractivity contribution in [1.29, 1.82) is 0 Å². The molecule has 104 valence electrons. The van der Waals surface area contributed by atoms with E-state index in [0.29, 0.717) is 5.88 Å². The zero-order chi connectivity index (χ0) is 14.0. The highest BCUT2D eigenvalue weighted by Gasteiger charge is 2.21. The summed E-state index contributed by atoms with van der Waals surface area (Å²) >= 11 is 8.19. The first kappa shape index (κ1) is 15.1. The summed E-state index contributed by atoms with van der Waals surface area (Å²) in [5.41, 5.74) is 1.95. The third kappa shape index (κ3) is 3.41. The summed E-state index contributed by atoms with van der Waals surface area (Å²) in [6.45, 7) is 4.93. The van der Waals surface area contributed by atoms with Crippen LogP contribution in [0.5, 0.6) is 0 Å². The maximum Gasteiger partial charge on any atom is 0.111 e. The van der Waals surface area contributed by atoms with Crippen molar-refractivity contribution in [1.82, 2.24) is 9.55 Å². The molecule has 5 heteroatoms. The Labute approximate surface area is 132 Å². The predicted octanol–water partition coefficient (Wildman–Crippen LogP) is 3.85. The molecule has 0 aliphatic heterocycles. The first-order valence-electron chi connectivity index (χ1n) is 6.22. The zero-order valence-electron chi connectivity index (χ0n) is 11.4. The molecule has 0 atom stereocenters. The van der Waals surface area contributed by atoms with Gasteiger partial charge in [-0.3, -0.25) is 0 Å². The average molecular weight is 393 g/mol. The van der Waals surface area contributed by atoms with Crippen LogP contribution in [0.15, 0.2) is 18.2 Å². The van der Waals surface area contributed by atoms with E-state index in [1.807, 2.05) is 0 Å². The van der Waals surface area contributed by atoms with E-state index in [1.165, 1.54) is 3.57 Å². The number of methoxy groups -OCH3 is 1. The Morgan fingerprint density at radius 3 is 2.79 bits per heavy atom. The summed E-state index contributed by atoms with van der Waals surface area (Å²) < 4.78 is 8.95. The van der Waals surface area contributed by atoms with Crippen LogP contribution < -0.4 is 0 Å². The Morgan fingerprint density at radius 1 is 1.42 bits per heavy atom. The highest BCUT2D eigenvalue weighted by Crippen LogP contribution is 2.23. The molecule has 2 aromatic rings. The molecule has 3 nitrogen and oxygen atoms in total. The van der Waals surface area contributed by atoms with Crippen LogP contribution in [0.25, 0.3) is 11.0 Å². The summed E-state index contributed by atoms with van der Waals surface area (Å²) in [6, 6.07) is 6.32. The molecular formula is C14H18ClIN2O. The van der Waals surface area contributed by atoms with E-state index in [4.69, 9.17) is 21.3 Å². The van der Waals surface area contributed by atoms with Crippen molar-refractivity contribution < 1.29 is 4.74 Å². The lowest BCUT2D eigenvalue weighted by Gasteiger charge is -2.24. The van der Waals surface area contributed by atoms with Crippen molar-refractivity contribution >= 4 is 45.2 Å². The van der Waals surface area contributed by atoms with Gasteiger partial charge < -0.3 is 9.30 Å². The molecule has 0 radical (unpaired) electrons. The van der Waals surface area contributed by atoms with Gasteiger partial charge in [0.25, 0.3) is 0 Å². The SMILES string of the molecule is COC(C)(C)Cn1c(CCCl)nc2cc(I)ccc21. The molecule has 19 heavy (non-hydrogen) atoms. The molecule has 1 aromatic carbocycles. The maximum atomic E-state index is 5.89. The molecule has 1 aromatic heterocycles. The Balaban J connectivity index is 2.52. The molecule has 0 aliphatic rings. The summed E-state index contributed by atoms with van der Waals surface area (Å²) in [7, 11) is 1.74. The summed E-state index contributed by atoms with van der Waals surface area (Å²) in [6.07, 6.45) is 0.770. The van der Waals surface area contributed by atoms with Crippen molar-refractivity contribution in [3.8, 4) is 0 Å². The van der Waals surface area contributed by atoms with Crippen molar-refractivity contribution in [2.75, 3.05) is 13.0 Å². The van der Waals surface area contributed by atoms with Crippen molar-refractivity contribution in [3.63, 3.8) is 0 Å². The number of rotatable bonds is 5. The Kier molecular flexibility index (Phi) is 4.74.